The number of hydrogen-bond acceptors (Lipinski definition) is 6. The zero-order valence-electron chi connectivity index (χ0n) is 21.6. The molecule has 1 aromatic heterocycles. The molecule has 3 aliphatic rings. The van der Waals surface area contributed by atoms with Crippen molar-refractivity contribution in [1.82, 2.24) is 15.1 Å². The Morgan fingerprint density at radius 3 is 1.89 bits per heavy atom. The summed E-state index contributed by atoms with van der Waals surface area (Å²) in [4.78, 5) is 22.4. The first kappa shape index (κ1) is 23.9. The van der Waals surface area contributed by atoms with E-state index in [0.717, 1.165) is 82.8 Å². The maximum atomic E-state index is 13.3. The number of rotatable bonds is 4. The second-order valence-electron chi connectivity index (χ2n) is 10.8. The molecule has 0 spiro atoms. The van der Waals surface area contributed by atoms with Crippen molar-refractivity contribution < 1.29 is 4.79 Å². The zero-order chi connectivity index (χ0) is 24.4. The third-order valence-corrected chi connectivity index (χ3v) is 8.21. The molecule has 3 aliphatic heterocycles. The third-order valence-electron chi connectivity index (χ3n) is 8.21. The summed E-state index contributed by atoms with van der Waals surface area (Å²) in [5.74, 6) is 3.20. The van der Waals surface area contributed by atoms with Crippen LogP contribution in [0.1, 0.15) is 43.7 Å². The van der Waals surface area contributed by atoms with Gasteiger partial charge in [0.05, 0.1) is 0 Å². The van der Waals surface area contributed by atoms with Crippen molar-refractivity contribution in [2.75, 3.05) is 67.1 Å². The van der Waals surface area contributed by atoms with Crippen LogP contribution in [-0.2, 0) is 4.79 Å². The van der Waals surface area contributed by atoms with Crippen molar-refractivity contribution in [1.29, 1.82) is 0 Å². The largest absolute Gasteiger partial charge is 0.368 e. The highest BCUT2D eigenvalue weighted by molar-refractivity contribution is 5.79. The molecule has 0 aliphatic carbocycles. The zero-order valence-corrected chi connectivity index (χ0v) is 21.6. The molecule has 7 heteroatoms. The number of piperazine rings is 1. The molecule has 2 aromatic rings. The Morgan fingerprint density at radius 1 is 0.743 bits per heavy atom. The Labute approximate surface area is 210 Å². The van der Waals surface area contributed by atoms with Gasteiger partial charge in [0.15, 0.2) is 11.6 Å². The Balaban J connectivity index is 1.10. The van der Waals surface area contributed by atoms with E-state index in [0.29, 0.717) is 5.91 Å². The van der Waals surface area contributed by atoms with Crippen LogP contribution in [0.15, 0.2) is 30.3 Å². The summed E-state index contributed by atoms with van der Waals surface area (Å²) in [5.41, 5.74) is 3.91. The van der Waals surface area contributed by atoms with Gasteiger partial charge in [0, 0.05) is 64.0 Å². The van der Waals surface area contributed by atoms with Gasteiger partial charge in [-0.3, -0.25) is 4.79 Å². The molecule has 1 aromatic carbocycles. The molecule has 5 rings (SSSR count). The van der Waals surface area contributed by atoms with E-state index in [1.807, 2.05) is 0 Å². The molecule has 4 heterocycles. The van der Waals surface area contributed by atoms with Gasteiger partial charge in [-0.25, -0.2) is 0 Å². The number of aryl methyl sites for hydroxylation is 2. The standard InChI is InChI=1S/C28H40N6O/c1-21-8-12-32(13-9-21)26-6-7-27(30-29-26)33-14-10-24(11-15-33)28(35)34-18-16-31(17-19-34)25-20-22(2)4-5-23(25)3/h4-7,20-21,24H,8-19H2,1-3H3. The number of benzene rings is 1. The minimum absolute atomic E-state index is 0.126. The van der Waals surface area contributed by atoms with Gasteiger partial charge in [-0.15, -0.1) is 10.2 Å². The molecule has 1 amide bonds. The Morgan fingerprint density at radius 2 is 1.31 bits per heavy atom. The van der Waals surface area contributed by atoms with Gasteiger partial charge in [-0.2, -0.15) is 0 Å². The molecule has 0 atom stereocenters. The molecular formula is C28H40N6O. The first-order chi connectivity index (χ1) is 17.0. The molecular weight excluding hydrogens is 436 g/mol. The molecule has 0 N–H and O–H groups in total. The third kappa shape index (κ3) is 5.39. The lowest BCUT2D eigenvalue weighted by molar-refractivity contribution is -0.136. The van der Waals surface area contributed by atoms with Crippen molar-refractivity contribution in [2.45, 2.75) is 46.5 Å². The van der Waals surface area contributed by atoms with Gasteiger partial charge in [0.25, 0.3) is 0 Å². The maximum Gasteiger partial charge on any atom is 0.225 e. The number of piperidine rings is 2. The number of amides is 1. The maximum absolute atomic E-state index is 13.3. The van der Waals surface area contributed by atoms with Gasteiger partial charge in [0.2, 0.25) is 5.91 Å². The van der Waals surface area contributed by atoms with Crippen molar-refractivity contribution in [2.24, 2.45) is 11.8 Å². The van der Waals surface area contributed by atoms with Crippen LogP contribution in [0.5, 0.6) is 0 Å². The van der Waals surface area contributed by atoms with Crippen LogP contribution < -0.4 is 14.7 Å². The Bertz CT molecular complexity index is 1000. The molecule has 35 heavy (non-hydrogen) atoms. The smallest absolute Gasteiger partial charge is 0.225 e. The van der Waals surface area contributed by atoms with E-state index in [-0.39, 0.29) is 5.92 Å². The lowest BCUT2D eigenvalue weighted by atomic mass is 9.95. The van der Waals surface area contributed by atoms with E-state index in [1.165, 1.54) is 29.7 Å². The number of anilines is 3. The molecule has 3 saturated heterocycles. The van der Waals surface area contributed by atoms with Crippen LogP contribution in [-0.4, -0.2) is 73.4 Å². The summed E-state index contributed by atoms with van der Waals surface area (Å²) in [7, 11) is 0. The quantitative estimate of drug-likeness (QED) is 0.667. The average Bonchev–Trinajstić information content (AvgIpc) is 2.90. The summed E-state index contributed by atoms with van der Waals surface area (Å²) in [6.07, 6.45) is 4.24. The molecule has 0 unspecified atom stereocenters. The SMILES string of the molecule is Cc1ccc(C)c(N2CCN(C(=O)C3CCN(c4ccc(N5CCC(C)CC5)nn4)CC3)CC2)c1. The Kier molecular flexibility index (Phi) is 7.12. The topological polar surface area (TPSA) is 55.8 Å². The second-order valence-corrected chi connectivity index (χ2v) is 10.8. The van der Waals surface area contributed by atoms with E-state index in [2.05, 4.69) is 80.9 Å². The van der Waals surface area contributed by atoms with Crippen molar-refractivity contribution in [3.8, 4) is 0 Å². The summed E-state index contributed by atoms with van der Waals surface area (Å²) >= 11 is 0. The summed E-state index contributed by atoms with van der Waals surface area (Å²) in [6.45, 7) is 14.0. The van der Waals surface area contributed by atoms with E-state index in [9.17, 15) is 4.79 Å². The Hall–Kier alpha value is -2.83. The number of carbonyl (C=O) groups is 1. The summed E-state index contributed by atoms with van der Waals surface area (Å²) in [6, 6.07) is 10.9. The van der Waals surface area contributed by atoms with Gasteiger partial charge >= 0.3 is 0 Å². The lowest BCUT2D eigenvalue weighted by Gasteiger charge is -2.40. The van der Waals surface area contributed by atoms with Gasteiger partial charge in [-0.1, -0.05) is 19.1 Å². The van der Waals surface area contributed by atoms with Crippen LogP contribution in [0.4, 0.5) is 17.3 Å². The van der Waals surface area contributed by atoms with E-state index >= 15 is 0 Å². The summed E-state index contributed by atoms with van der Waals surface area (Å²) in [5, 5.41) is 9.07. The van der Waals surface area contributed by atoms with Crippen molar-refractivity contribution in [3.05, 3.63) is 41.5 Å². The van der Waals surface area contributed by atoms with Crippen LogP contribution >= 0.6 is 0 Å². The normalized spacial score (nSPS) is 20.4. The predicted octanol–water partition coefficient (Wildman–Crippen LogP) is 3.89. The fourth-order valence-corrected chi connectivity index (χ4v) is 5.73. The molecule has 0 bridgehead atoms. The molecule has 3 fully saturated rings. The van der Waals surface area contributed by atoms with E-state index < -0.39 is 0 Å². The second kappa shape index (κ2) is 10.4. The first-order valence-corrected chi connectivity index (χ1v) is 13.4. The van der Waals surface area contributed by atoms with E-state index in [4.69, 9.17) is 0 Å². The minimum atomic E-state index is 0.126. The van der Waals surface area contributed by atoms with Crippen LogP contribution in [0.2, 0.25) is 0 Å². The molecule has 7 nitrogen and oxygen atoms in total. The number of carbonyl (C=O) groups excluding carboxylic acids is 1. The number of nitrogens with zero attached hydrogens (tertiary/aromatic N) is 6. The fourth-order valence-electron chi connectivity index (χ4n) is 5.73. The number of hydrogen-bond donors (Lipinski definition) is 0. The molecule has 188 valence electrons. The molecule has 0 radical (unpaired) electrons. The highest BCUT2D eigenvalue weighted by atomic mass is 16.2. The van der Waals surface area contributed by atoms with Gasteiger partial charge in [0.1, 0.15) is 0 Å². The highest BCUT2D eigenvalue weighted by Gasteiger charge is 2.31. The van der Waals surface area contributed by atoms with Crippen molar-refractivity contribution >= 4 is 23.2 Å². The monoisotopic (exact) mass is 476 g/mol. The van der Waals surface area contributed by atoms with Crippen LogP contribution in [0.25, 0.3) is 0 Å². The summed E-state index contributed by atoms with van der Waals surface area (Å²) < 4.78 is 0. The van der Waals surface area contributed by atoms with Gasteiger partial charge < -0.3 is 19.6 Å². The average molecular weight is 477 g/mol. The lowest BCUT2D eigenvalue weighted by Crippen LogP contribution is -2.52. The van der Waals surface area contributed by atoms with Crippen molar-refractivity contribution in [3.63, 3.8) is 0 Å². The number of aromatic nitrogens is 2. The van der Waals surface area contributed by atoms with E-state index in [1.54, 1.807) is 0 Å². The van der Waals surface area contributed by atoms with Crippen LogP contribution in [0, 0.1) is 25.7 Å². The minimum Gasteiger partial charge on any atom is -0.368 e. The van der Waals surface area contributed by atoms with Gasteiger partial charge in [-0.05, 0) is 74.8 Å². The predicted molar refractivity (Wildman–Crippen MR) is 142 cm³/mol. The fraction of sp³-hybridized carbons (Fsp3) is 0.607. The first-order valence-electron chi connectivity index (χ1n) is 13.4. The van der Waals surface area contributed by atoms with Crippen LogP contribution in [0.3, 0.4) is 0 Å². The highest BCUT2D eigenvalue weighted by Crippen LogP contribution is 2.27. The molecule has 0 saturated carbocycles.